The minimum Gasteiger partial charge on any atom is -0.230 e. The van der Waals surface area contributed by atoms with E-state index in [0.29, 0.717) is 11.8 Å². The van der Waals surface area contributed by atoms with E-state index in [1.807, 2.05) is 0 Å². The van der Waals surface area contributed by atoms with Crippen LogP contribution >= 0.6 is 0 Å². The molecule has 10 aromatic rings. The molecule has 2 unspecified atom stereocenters. The lowest BCUT2D eigenvalue weighted by Gasteiger charge is -2.49. The summed E-state index contributed by atoms with van der Waals surface area (Å²) in [4.78, 5) is 0. The van der Waals surface area contributed by atoms with Crippen molar-refractivity contribution >= 4 is 22.1 Å². The molecule has 2 atom stereocenters. The van der Waals surface area contributed by atoms with Crippen LogP contribution in [0.2, 0.25) is 0 Å². The maximum absolute atomic E-state index is 2.60. The van der Waals surface area contributed by atoms with Crippen LogP contribution in [-0.4, -0.2) is 9.13 Å². The van der Waals surface area contributed by atoms with Crippen molar-refractivity contribution in [1.82, 2.24) is 9.13 Å². The number of hydrogen-bond donors (Lipinski definition) is 0. The minimum atomic E-state index is 0.223. The smallest absolute Gasteiger partial charge is 0.230 e. The van der Waals surface area contributed by atoms with Gasteiger partial charge in [-0.05, 0) is 68.8 Å². The van der Waals surface area contributed by atoms with E-state index < -0.39 is 0 Å². The lowest BCUT2D eigenvalue weighted by molar-refractivity contribution is -0.674. The van der Waals surface area contributed by atoms with Crippen molar-refractivity contribution in [2.75, 3.05) is 0 Å². The zero-order valence-electron chi connectivity index (χ0n) is 36.0. The molecule has 13 rings (SSSR count). The monoisotopic (exact) mass is 828 g/mol. The third-order valence-electron chi connectivity index (χ3n) is 14.7. The molecule has 0 radical (unpaired) electrons. The summed E-state index contributed by atoms with van der Waals surface area (Å²) in [7, 11) is 0. The summed E-state index contributed by atoms with van der Waals surface area (Å²) in [5.41, 5.74) is 16.5. The minimum absolute atomic E-state index is 0.223. The van der Waals surface area contributed by atoms with Crippen molar-refractivity contribution in [3.05, 3.63) is 276 Å². The van der Waals surface area contributed by atoms with E-state index in [4.69, 9.17) is 0 Å². The summed E-state index contributed by atoms with van der Waals surface area (Å²) in [5.74, 6) is 1.73. The maximum Gasteiger partial charge on any atom is 0.244 e. The Hall–Kier alpha value is -7.30. The SMILES string of the molecule is c1ccc(C(C[n+]2cn(CC3C4c5ccccc5C(c5ccccc54)C3Cn3c[n+](CC(c4ccccc4)c4ccccc4)c4ccccc43)c3ccccc32)c2ccccc2)cc1. The van der Waals surface area contributed by atoms with Crippen LogP contribution in [0.5, 0.6) is 0 Å². The van der Waals surface area contributed by atoms with Gasteiger partial charge in [0.15, 0.2) is 22.1 Å². The number of aromatic nitrogens is 4. The number of fused-ring (bicyclic) bond motifs is 3. The third kappa shape index (κ3) is 6.76. The molecule has 2 aromatic heterocycles. The van der Waals surface area contributed by atoms with Crippen molar-refractivity contribution in [2.24, 2.45) is 11.8 Å². The highest BCUT2D eigenvalue weighted by Crippen LogP contribution is 2.59. The van der Waals surface area contributed by atoms with Gasteiger partial charge in [-0.15, -0.1) is 0 Å². The Morgan fingerprint density at radius 3 is 0.938 bits per heavy atom. The van der Waals surface area contributed by atoms with Gasteiger partial charge in [-0.1, -0.05) is 194 Å². The first-order valence-corrected chi connectivity index (χ1v) is 23.1. The van der Waals surface area contributed by atoms with E-state index in [1.54, 1.807) is 0 Å². The van der Waals surface area contributed by atoms with E-state index >= 15 is 0 Å². The maximum atomic E-state index is 2.60. The molecule has 0 N–H and O–H groups in total. The summed E-state index contributed by atoms with van der Waals surface area (Å²) in [6, 6.07) is 81.1. The lowest BCUT2D eigenvalue weighted by atomic mass is 9.54. The van der Waals surface area contributed by atoms with E-state index in [9.17, 15) is 0 Å². The Morgan fingerprint density at radius 1 is 0.328 bits per heavy atom. The third-order valence-corrected chi connectivity index (χ3v) is 14.7. The zero-order valence-corrected chi connectivity index (χ0v) is 36.0. The lowest BCUT2D eigenvalue weighted by Crippen LogP contribution is -2.44. The second kappa shape index (κ2) is 16.4. The van der Waals surface area contributed by atoms with Crippen molar-refractivity contribution in [3.63, 3.8) is 0 Å². The van der Waals surface area contributed by atoms with Gasteiger partial charge in [-0.25, -0.2) is 18.3 Å². The number of nitrogens with zero attached hydrogens (tertiary/aromatic N) is 4. The first kappa shape index (κ1) is 38.4. The molecule has 310 valence electrons. The highest BCUT2D eigenvalue weighted by atomic mass is 15.2. The van der Waals surface area contributed by atoms with Crippen LogP contribution in [-0.2, 0) is 26.2 Å². The molecule has 0 saturated heterocycles. The standard InChI is InChI=1S/C60H52N4/c1-5-21-43(22-6-1)51(44-23-7-2-8-24-44)37-61-41-63(57-35-19-17-33-55(57)61)39-53-54(60-49-31-15-13-29-47(49)59(53)48-30-14-16-32-50(48)60)40-64-42-62(56-34-18-20-36-58(56)64)38-52(45-25-9-3-10-26-45)46-27-11-4-12-28-46/h1-36,41-42,51-54,59-60H,37-40H2/q+2. The summed E-state index contributed by atoms with van der Waals surface area (Å²) >= 11 is 0. The Labute approximate surface area is 376 Å². The first-order chi connectivity index (χ1) is 31.8. The normalized spacial score (nSPS) is 17.6. The topological polar surface area (TPSA) is 17.6 Å². The Kier molecular flexibility index (Phi) is 9.86. The Balaban J connectivity index is 0.967. The van der Waals surface area contributed by atoms with Crippen LogP contribution in [0.3, 0.4) is 0 Å². The van der Waals surface area contributed by atoms with E-state index in [0.717, 1.165) is 26.2 Å². The Bertz CT molecular complexity index is 2860. The van der Waals surface area contributed by atoms with E-state index in [1.165, 1.54) is 66.6 Å². The van der Waals surface area contributed by atoms with Crippen molar-refractivity contribution in [1.29, 1.82) is 0 Å². The van der Waals surface area contributed by atoms with Crippen LogP contribution in [0, 0.1) is 11.8 Å². The molecule has 8 aromatic carbocycles. The molecule has 2 heterocycles. The van der Waals surface area contributed by atoms with Gasteiger partial charge in [0.2, 0.25) is 12.7 Å². The fourth-order valence-corrected chi connectivity index (χ4v) is 11.9. The molecule has 0 aliphatic heterocycles. The van der Waals surface area contributed by atoms with Gasteiger partial charge in [0.1, 0.15) is 13.1 Å². The second-order valence-electron chi connectivity index (χ2n) is 18.1. The van der Waals surface area contributed by atoms with Crippen LogP contribution in [0.15, 0.2) is 231 Å². The average Bonchev–Trinajstić information content (AvgIpc) is 3.90. The van der Waals surface area contributed by atoms with Gasteiger partial charge in [0.25, 0.3) is 0 Å². The van der Waals surface area contributed by atoms with Gasteiger partial charge in [0.05, 0.1) is 13.1 Å². The molecule has 2 bridgehead atoms. The summed E-state index contributed by atoms with van der Waals surface area (Å²) in [6.07, 6.45) is 4.88. The molecule has 3 aliphatic rings. The second-order valence-corrected chi connectivity index (χ2v) is 18.1. The fraction of sp³-hybridized carbons (Fsp3) is 0.167. The van der Waals surface area contributed by atoms with E-state index in [-0.39, 0.29) is 23.7 Å². The zero-order chi connectivity index (χ0) is 42.4. The van der Waals surface area contributed by atoms with Gasteiger partial charge in [-0.3, -0.25) is 0 Å². The predicted molar refractivity (Wildman–Crippen MR) is 257 cm³/mol. The van der Waals surface area contributed by atoms with Crippen LogP contribution in [0.4, 0.5) is 0 Å². The highest BCUT2D eigenvalue weighted by molar-refractivity contribution is 5.72. The molecule has 3 aliphatic carbocycles. The number of imidazole rings is 2. The highest BCUT2D eigenvalue weighted by Gasteiger charge is 2.51. The average molecular weight is 829 g/mol. The molecule has 4 heteroatoms. The molecular weight excluding hydrogens is 777 g/mol. The molecule has 64 heavy (non-hydrogen) atoms. The molecule has 0 spiro atoms. The fourth-order valence-electron chi connectivity index (χ4n) is 11.9. The Morgan fingerprint density at radius 2 is 0.609 bits per heavy atom. The molecule has 0 fully saturated rings. The number of hydrogen-bond acceptors (Lipinski definition) is 0. The molecule has 0 amide bonds. The van der Waals surface area contributed by atoms with Crippen molar-refractivity contribution in [3.8, 4) is 0 Å². The van der Waals surface area contributed by atoms with Crippen LogP contribution < -0.4 is 9.13 Å². The van der Waals surface area contributed by atoms with Gasteiger partial charge < -0.3 is 0 Å². The van der Waals surface area contributed by atoms with Crippen LogP contribution in [0.1, 0.15) is 68.2 Å². The summed E-state index contributed by atoms with van der Waals surface area (Å²) in [5, 5.41) is 0. The van der Waals surface area contributed by atoms with Gasteiger partial charge in [-0.2, -0.15) is 0 Å². The number of para-hydroxylation sites is 4. The molecule has 4 nitrogen and oxygen atoms in total. The molecule has 0 saturated carbocycles. The molecular formula is C60H52N4+2. The van der Waals surface area contributed by atoms with Crippen molar-refractivity contribution < 1.29 is 9.13 Å². The van der Waals surface area contributed by atoms with E-state index in [2.05, 4.69) is 249 Å². The quantitative estimate of drug-likeness (QED) is 0.109. The largest absolute Gasteiger partial charge is 0.244 e. The number of rotatable bonds is 12. The summed E-state index contributed by atoms with van der Waals surface area (Å²) in [6.45, 7) is 3.56. The van der Waals surface area contributed by atoms with Crippen molar-refractivity contribution in [2.45, 2.75) is 49.9 Å². The number of benzene rings is 8. The first-order valence-electron chi connectivity index (χ1n) is 23.1. The van der Waals surface area contributed by atoms with Gasteiger partial charge >= 0.3 is 0 Å². The van der Waals surface area contributed by atoms with Crippen LogP contribution in [0.25, 0.3) is 22.1 Å². The predicted octanol–water partition coefficient (Wildman–Crippen LogP) is 12.1. The van der Waals surface area contributed by atoms with Gasteiger partial charge in [0, 0.05) is 35.5 Å². The summed E-state index contributed by atoms with van der Waals surface area (Å²) < 4.78 is 10.3.